The first-order chi connectivity index (χ1) is 7.25. The molecule has 0 N–H and O–H groups in total. The van der Waals surface area contributed by atoms with Gasteiger partial charge in [0.2, 0.25) is 0 Å². The quantitative estimate of drug-likeness (QED) is 0.585. The van der Waals surface area contributed by atoms with Crippen LogP contribution in [0, 0.1) is 0 Å². The van der Waals surface area contributed by atoms with Gasteiger partial charge in [-0.05, 0) is 37.0 Å². The molecule has 0 amide bonds. The molecule has 0 saturated carbocycles. The Labute approximate surface area is 92.7 Å². The fourth-order valence-electron chi connectivity index (χ4n) is 1.45. The number of hydrogen-bond donors (Lipinski definition) is 0. The van der Waals surface area contributed by atoms with Crippen LogP contribution in [0.25, 0.3) is 0 Å². The van der Waals surface area contributed by atoms with Crippen LogP contribution in [0.2, 0.25) is 0 Å². The summed E-state index contributed by atoms with van der Waals surface area (Å²) in [5, 5.41) is 0. The van der Waals surface area contributed by atoms with Gasteiger partial charge in [0.15, 0.2) is 0 Å². The maximum Gasteiger partial charge on any atom is -0.00916 e. The lowest BCUT2D eigenvalue weighted by molar-refractivity contribution is 1.18. The van der Waals surface area contributed by atoms with Gasteiger partial charge in [0.05, 0.1) is 0 Å². The molecule has 1 rings (SSSR count). The van der Waals surface area contributed by atoms with Gasteiger partial charge in [-0.25, -0.2) is 0 Å². The molecule has 0 aromatic rings. The molecule has 0 nitrogen and oxygen atoms in total. The van der Waals surface area contributed by atoms with E-state index in [2.05, 4.69) is 50.8 Å². The maximum atomic E-state index is 3.64. The summed E-state index contributed by atoms with van der Waals surface area (Å²) < 4.78 is 0. The maximum absolute atomic E-state index is 3.64. The summed E-state index contributed by atoms with van der Waals surface area (Å²) in [6.07, 6.45) is 17.5. The lowest BCUT2D eigenvalue weighted by Gasteiger charge is -2.08. The smallest absolute Gasteiger partial charge is 0.00916 e. The van der Waals surface area contributed by atoms with Crippen LogP contribution in [0.4, 0.5) is 0 Å². The van der Waals surface area contributed by atoms with Crippen LogP contribution in [-0.4, -0.2) is 0 Å². The van der Waals surface area contributed by atoms with E-state index in [-0.39, 0.29) is 0 Å². The van der Waals surface area contributed by atoms with Crippen LogP contribution in [0.15, 0.2) is 71.9 Å². The molecule has 0 spiro atoms. The first-order valence-corrected chi connectivity index (χ1v) is 5.25. The third-order valence-electron chi connectivity index (χ3n) is 2.55. The monoisotopic (exact) mass is 198 g/mol. The van der Waals surface area contributed by atoms with E-state index in [0.717, 1.165) is 6.42 Å². The number of hydrogen-bond acceptors (Lipinski definition) is 0. The highest BCUT2D eigenvalue weighted by Crippen LogP contribution is 2.20. The summed E-state index contributed by atoms with van der Waals surface area (Å²) >= 11 is 0. The van der Waals surface area contributed by atoms with Gasteiger partial charge in [-0.2, -0.15) is 0 Å². The van der Waals surface area contributed by atoms with E-state index in [4.69, 9.17) is 0 Å². The molecule has 78 valence electrons. The molecule has 0 bridgehead atoms. The molecule has 0 fully saturated rings. The topological polar surface area (TPSA) is 0 Å². The van der Waals surface area contributed by atoms with E-state index in [1.165, 1.54) is 16.7 Å². The molecule has 0 heterocycles. The second-order valence-electron chi connectivity index (χ2n) is 3.61. The van der Waals surface area contributed by atoms with E-state index in [9.17, 15) is 0 Å². The number of allylic oxidation sites excluding steroid dienone is 11. The van der Waals surface area contributed by atoms with E-state index in [1.54, 1.807) is 6.08 Å². The fraction of sp³-hybridized carbons (Fsp3) is 0.200. The van der Waals surface area contributed by atoms with Gasteiger partial charge in [-0.1, -0.05) is 55.2 Å². The Bertz CT molecular complexity index is 371. The highest BCUT2D eigenvalue weighted by atomic mass is 14.1. The molecule has 0 radical (unpaired) electrons. The summed E-state index contributed by atoms with van der Waals surface area (Å²) in [5.74, 6) is 0. The van der Waals surface area contributed by atoms with Crippen LogP contribution in [0.3, 0.4) is 0 Å². The average Bonchev–Trinajstić information content (AvgIpc) is 2.29. The fourth-order valence-corrected chi connectivity index (χ4v) is 1.45. The van der Waals surface area contributed by atoms with E-state index in [1.807, 2.05) is 12.2 Å². The van der Waals surface area contributed by atoms with Crippen molar-refractivity contribution in [1.82, 2.24) is 0 Å². The summed E-state index contributed by atoms with van der Waals surface area (Å²) in [4.78, 5) is 0. The molecular formula is C15H18. The van der Waals surface area contributed by atoms with Crippen molar-refractivity contribution in [1.29, 1.82) is 0 Å². The van der Waals surface area contributed by atoms with Crippen molar-refractivity contribution in [3.63, 3.8) is 0 Å². The zero-order valence-corrected chi connectivity index (χ0v) is 9.53. The predicted octanol–water partition coefficient (Wildman–Crippen LogP) is 4.51. The molecule has 0 unspecified atom stereocenters. The summed E-state index contributed by atoms with van der Waals surface area (Å²) in [6.45, 7) is 7.96. The highest BCUT2D eigenvalue weighted by Gasteiger charge is 2.00. The largest absolute Gasteiger partial charge is 0.0991 e. The molecule has 0 aromatic heterocycles. The molecule has 15 heavy (non-hydrogen) atoms. The normalized spacial score (nSPS) is 19.7. The van der Waals surface area contributed by atoms with E-state index >= 15 is 0 Å². The minimum Gasteiger partial charge on any atom is -0.0991 e. The van der Waals surface area contributed by atoms with Crippen molar-refractivity contribution < 1.29 is 0 Å². The van der Waals surface area contributed by atoms with Crippen LogP contribution >= 0.6 is 0 Å². The number of rotatable bonds is 3. The van der Waals surface area contributed by atoms with Crippen molar-refractivity contribution in [3.8, 4) is 0 Å². The van der Waals surface area contributed by atoms with Crippen molar-refractivity contribution in [2.45, 2.75) is 20.3 Å². The Balaban J connectivity index is 2.83. The SMILES string of the molecule is C=C\C=C/C=C(C)/C(C)=C1/C=CC=CC1. The van der Waals surface area contributed by atoms with Crippen LogP contribution in [0.1, 0.15) is 20.3 Å². The lowest BCUT2D eigenvalue weighted by Crippen LogP contribution is -1.89. The predicted molar refractivity (Wildman–Crippen MR) is 68.7 cm³/mol. The third kappa shape index (κ3) is 3.59. The van der Waals surface area contributed by atoms with E-state index < -0.39 is 0 Å². The minimum absolute atomic E-state index is 1.04. The summed E-state index contributed by atoms with van der Waals surface area (Å²) in [7, 11) is 0. The summed E-state index contributed by atoms with van der Waals surface area (Å²) in [5.41, 5.74) is 4.07. The van der Waals surface area contributed by atoms with Crippen molar-refractivity contribution >= 4 is 0 Å². The molecule has 0 aliphatic heterocycles. The zero-order valence-electron chi connectivity index (χ0n) is 9.53. The minimum atomic E-state index is 1.04. The molecule has 1 aliphatic carbocycles. The second-order valence-corrected chi connectivity index (χ2v) is 3.61. The van der Waals surface area contributed by atoms with Crippen molar-refractivity contribution in [2.24, 2.45) is 0 Å². The van der Waals surface area contributed by atoms with Gasteiger partial charge in [-0.3, -0.25) is 0 Å². The van der Waals surface area contributed by atoms with Crippen molar-refractivity contribution in [2.75, 3.05) is 0 Å². The third-order valence-corrected chi connectivity index (χ3v) is 2.55. The zero-order chi connectivity index (χ0) is 11.1. The Morgan fingerprint density at radius 3 is 2.67 bits per heavy atom. The molecule has 0 heteroatoms. The molecule has 0 saturated heterocycles. The van der Waals surface area contributed by atoms with Gasteiger partial charge in [-0.15, -0.1) is 0 Å². The van der Waals surface area contributed by atoms with Gasteiger partial charge in [0, 0.05) is 0 Å². The molecule has 1 aliphatic rings. The Morgan fingerprint density at radius 2 is 2.07 bits per heavy atom. The van der Waals surface area contributed by atoms with Crippen molar-refractivity contribution in [3.05, 3.63) is 71.9 Å². The van der Waals surface area contributed by atoms with Gasteiger partial charge in [0.25, 0.3) is 0 Å². The molecule has 0 atom stereocenters. The second kappa shape index (κ2) is 6.02. The Kier molecular flexibility index (Phi) is 4.62. The van der Waals surface area contributed by atoms with Gasteiger partial charge < -0.3 is 0 Å². The van der Waals surface area contributed by atoms with Gasteiger partial charge >= 0.3 is 0 Å². The van der Waals surface area contributed by atoms with Crippen LogP contribution in [0.5, 0.6) is 0 Å². The van der Waals surface area contributed by atoms with Crippen LogP contribution in [-0.2, 0) is 0 Å². The first-order valence-electron chi connectivity index (χ1n) is 5.25. The van der Waals surface area contributed by atoms with Crippen LogP contribution < -0.4 is 0 Å². The summed E-state index contributed by atoms with van der Waals surface area (Å²) in [6, 6.07) is 0. The molecule has 0 aromatic carbocycles. The van der Waals surface area contributed by atoms with Gasteiger partial charge in [0.1, 0.15) is 0 Å². The first kappa shape index (κ1) is 11.5. The molecular weight excluding hydrogens is 180 g/mol. The van der Waals surface area contributed by atoms with E-state index in [0.29, 0.717) is 0 Å². The average molecular weight is 198 g/mol. The standard InChI is InChI=1S/C15H18/c1-4-5-7-10-13(2)14(3)15-11-8-6-9-12-15/h4-11H,1,12H2,2-3H3/b7-5-,13-10+,15-14-. The highest BCUT2D eigenvalue weighted by molar-refractivity contribution is 5.42. The Morgan fingerprint density at radius 1 is 1.27 bits per heavy atom. The Hall–Kier alpha value is -1.56. The lowest BCUT2D eigenvalue weighted by atomic mass is 9.97.